The van der Waals surface area contributed by atoms with E-state index in [-0.39, 0.29) is 0 Å². The van der Waals surface area contributed by atoms with E-state index in [0.29, 0.717) is 6.04 Å². The maximum atomic E-state index is 5.95. The molecule has 2 N–H and O–H groups in total. The molecule has 3 rings (SSSR count). The number of benzene rings is 1. The van der Waals surface area contributed by atoms with Crippen LogP contribution in [0.2, 0.25) is 5.02 Å². The quantitative estimate of drug-likeness (QED) is 0.942. The van der Waals surface area contributed by atoms with Gasteiger partial charge in [0.2, 0.25) is 0 Å². The average molecular weight is 289 g/mol. The highest BCUT2D eigenvalue weighted by molar-refractivity contribution is 6.30. The van der Waals surface area contributed by atoms with Crippen LogP contribution >= 0.6 is 11.6 Å². The van der Waals surface area contributed by atoms with Crippen LogP contribution in [0.4, 0.5) is 0 Å². The van der Waals surface area contributed by atoms with Crippen LogP contribution < -0.4 is 5.32 Å². The zero-order chi connectivity index (χ0) is 13.9. The van der Waals surface area contributed by atoms with Crippen LogP contribution in [-0.2, 0) is 6.42 Å². The third-order valence-electron chi connectivity index (χ3n) is 4.01. The maximum Gasteiger partial charge on any atom is 0.129 e. The van der Waals surface area contributed by atoms with E-state index >= 15 is 0 Å². The Morgan fingerprint density at radius 3 is 2.75 bits per heavy atom. The fourth-order valence-electron chi connectivity index (χ4n) is 2.89. The van der Waals surface area contributed by atoms with Crippen LogP contribution in [0.5, 0.6) is 0 Å². The highest BCUT2D eigenvalue weighted by Gasteiger charge is 2.25. The molecule has 1 fully saturated rings. The summed E-state index contributed by atoms with van der Waals surface area (Å²) in [4.78, 5) is 8.94. The van der Waals surface area contributed by atoms with Crippen molar-refractivity contribution in [3.63, 3.8) is 0 Å². The minimum atomic E-state index is 0.499. The highest BCUT2D eigenvalue weighted by Crippen LogP contribution is 2.23. The van der Waals surface area contributed by atoms with Gasteiger partial charge in [-0.25, -0.2) is 9.97 Å². The third kappa shape index (κ3) is 2.84. The van der Waals surface area contributed by atoms with Gasteiger partial charge in [0, 0.05) is 35.5 Å². The first-order chi connectivity index (χ1) is 9.74. The van der Waals surface area contributed by atoms with E-state index in [4.69, 9.17) is 11.6 Å². The van der Waals surface area contributed by atoms with Gasteiger partial charge in [0.1, 0.15) is 18.1 Å². The zero-order valence-corrected chi connectivity index (χ0v) is 12.4. The molecule has 1 saturated heterocycles. The van der Waals surface area contributed by atoms with Gasteiger partial charge < -0.3 is 5.32 Å². The lowest BCUT2D eigenvalue weighted by Gasteiger charge is -2.14. The fourth-order valence-corrected chi connectivity index (χ4v) is 3.01. The lowest BCUT2D eigenvalue weighted by atomic mass is 9.98. The van der Waals surface area contributed by atoms with Gasteiger partial charge in [-0.15, -0.1) is 0 Å². The molecule has 0 bridgehead atoms. The van der Waals surface area contributed by atoms with Crippen molar-refractivity contribution in [3.05, 3.63) is 58.1 Å². The van der Waals surface area contributed by atoms with Gasteiger partial charge in [0.15, 0.2) is 0 Å². The molecule has 2 heterocycles. The number of hydrogen-bond donors (Lipinski definition) is 1. The monoisotopic (exact) mass is 288 g/mol. The molecule has 4 heteroatoms. The summed E-state index contributed by atoms with van der Waals surface area (Å²) in [6.45, 7) is 3.28. The predicted octanol–water partition coefficient (Wildman–Crippen LogP) is 2.43. The van der Waals surface area contributed by atoms with E-state index in [1.54, 1.807) is 6.33 Å². The molecule has 1 atom stereocenters. The summed E-state index contributed by atoms with van der Waals surface area (Å²) in [6, 6.07) is 8.54. The summed E-state index contributed by atoms with van der Waals surface area (Å²) in [5.74, 6) is 0. The summed E-state index contributed by atoms with van der Waals surface area (Å²) >= 11 is 5.95. The first-order valence-electron chi connectivity index (χ1n) is 7.12. The zero-order valence-electron chi connectivity index (χ0n) is 11.6. The van der Waals surface area contributed by atoms with E-state index in [1.807, 2.05) is 12.1 Å². The van der Waals surface area contributed by atoms with E-state index in [2.05, 4.69) is 34.3 Å². The first kappa shape index (κ1) is 13.5. The Bertz CT molecular complexity index is 589. The van der Waals surface area contributed by atoms with Crippen LogP contribution in [-0.4, -0.2) is 16.5 Å². The van der Waals surface area contributed by atoms with Crippen molar-refractivity contribution >= 4 is 11.6 Å². The molecular formula is C16H19ClN3+. The summed E-state index contributed by atoms with van der Waals surface area (Å²) < 4.78 is 0. The van der Waals surface area contributed by atoms with Crippen molar-refractivity contribution in [1.82, 2.24) is 9.97 Å². The molecule has 0 aliphatic carbocycles. The van der Waals surface area contributed by atoms with Crippen molar-refractivity contribution in [2.45, 2.75) is 32.2 Å². The number of aryl methyl sites for hydroxylation is 1. The second-order valence-electron chi connectivity index (χ2n) is 5.40. The Morgan fingerprint density at radius 1 is 1.25 bits per heavy atom. The van der Waals surface area contributed by atoms with E-state index < -0.39 is 0 Å². The number of halogens is 1. The first-order valence-corrected chi connectivity index (χ1v) is 7.50. The molecule has 0 spiro atoms. The van der Waals surface area contributed by atoms with Crippen LogP contribution in [0.15, 0.2) is 30.6 Å². The van der Waals surface area contributed by atoms with Crippen LogP contribution in [0.1, 0.15) is 41.4 Å². The number of rotatable bonds is 3. The van der Waals surface area contributed by atoms with Crippen molar-refractivity contribution in [1.29, 1.82) is 0 Å². The second kappa shape index (κ2) is 5.90. The molecule has 1 aliphatic rings. The molecule has 1 aliphatic heterocycles. The maximum absolute atomic E-state index is 5.95. The SMILES string of the molecule is Cc1ncnc(C2CCC[NH2+]2)c1Cc1ccc(Cl)cc1. The molecule has 1 aromatic carbocycles. The molecule has 20 heavy (non-hydrogen) atoms. The smallest absolute Gasteiger partial charge is 0.129 e. The second-order valence-corrected chi connectivity index (χ2v) is 5.84. The van der Waals surface area contributed by atoms with Crippen LogP contribution in [0.3, 0.4) is 0 Å². The lowest BCUT2D eigenvalue weighted by molar-refractivity contribution is -0.676. The summed E-state index contributed by atoms with van der Waals surface area (Å²) in [6.07, 6.45) is 5.06. The van der Waals surface area contributed by atoms with Gasteiger partial charge in [0.25, 0.3) is 0 Å². The largest absolute Gasteiger partial charge is 0.339 e. The molecule has 1 unspecified atom stereocenters. The van der Waals surface area contributed by atoms with Crippen molar-refractivity contribution in [3.8, 4) is 0 Å². The fraction of sp³-hybridized carbons (Fsp3) is 0.375. The van der Waals surface area contributed by atoms with Crippen LogP contribution in [0, 0.1) is 6.92 Å². The molecule has 1 aromatic heterocycles. The summed E-state index contributed by atoms with van der Waals surface area (Å²) in [7, 11) is 0. The molecular weight excluding hydrogens is 270 g/mol. The number of hydrogen-bond acceptors (Lipinski definition) is 2. The van der Waals surface area contributed by atoms with E-state index in [0.717, 1.165) is 17.1 Å². The van der Waals surface area contributed by atoms with Crippen molar-refractivity contribution in [2.24, 2.45) is 0 Å². The highest BCUT2D eigenvalue weighted by atomic mass is 35.5. The van der Waals surface area contributed by atoms with Crippen LogP contribution in [0.25, 0.3) is 0 Å². The third-order valence-corrected chi connectivity index (χ3v) is 4.26. The number of nitrogens with zero attached hydrogens (tertiary/aromatic N) is 2. The van der Waals surface area contributed by atoms with Crippen molar-refractivity contribution < 1.29 is 5.32 Å². The number of aromatic nitrogens is 2. The van der Waals surface area contributed by atoms with Gasteiger partial charge in [-0.3, -0.25) is 0 Å². The molecule has 0 radical (unpaired) electrons. The number of quaternary nitrogens is 1. The topological polar surface area (TPSA) is 42.4 Å². The van der Waals surface area contributed by atoms with E-state index in [9.17, 15) is 0 Å². The Balaban J connectivity index is 1.93. The average Bonchev–Trinajstić information content (AvgIpc) is 2.97. The van der Waals surface area contributed by atoms with Gasteiger partial charge in [-0.1, -0.05) is 23.7 Å². The van der Waals surface area contributed by atoms with Gasteiger partial charge in [-0.05, 0) is 24.6 Å². The van der Waals surface area contributed by atoms with E-state index in [1.165, 1.54) is 36.2 Å². The molecule has 0 amide bonds. The Labute approximate surface area is 124 Å². The van der Waals surface area contributed by atoms with Gasteiger partial charge >= 0.3 is 0 Å². The Hall–Kier alpha value is -1.45. The van der Waals surface area contributed by atoms with Gasteiger partial charge in [0.05, 0.1) is 6.54 Å². The number of nitrogens with two attached hydrogens (primary N) is 1. The predicted molar refractivity (Wildman–Crippen MR) is 79.8 cm³/mol. The Morgan fingerprint density at radius 2 is 2.05 bits per heavy atom. The standard InChI is InChI=1S/C16H18ClN3/c1-11-14(9-12-4-6-13(17)7-5-12)16(20-10-19-11)15-3-2-8-18-15/h4-7,10,15,18H,2-3,8-9H2,1H3/p+1. The lowest BCUT2D eigenvalue weighted by Crippen LogP contribution is -2.82. The minimum Gasteiger partial charge on any atom is -0.339 e. The normalized spacial score (nSPS) is 18.4. The molecule has 2 aromatic rings. The molecule has 0 saturated carbocycles. The summed E-state index contributed by atoms with van der Waals surface area (Å²) in [5.41, 5.74) is 4.83. The summed E-state index contributed by atoms with van der Waals surface area (Å²) in [5, 5.41) is 3.17. The minimum absolute atomic E-state index is 0.499. The van der Waals surface area contributed by atoms with Gasteiger partial charge in [-0.2, -0.15) is 0 Å². The molecule has 104 valence electrons. The van der Waals surface area contributed by atoms with Crippen molar-refractivity contribution in [2.75, 3.05) is 6.54 Å². The Kier molecular flexibility index (Phi) is 3.99. The molecule has 3 nitrogen and oxygen atoms in total.